The lowest BCUT2D eigenvalue weighted by Crippen LogP contribution is -2.26. The molecule has 1 nitrogen and oxygen atoms in total. The molecular formula is C39H30O. The van der Waals surface area contributed by atoms with Crippen molar-refractivity contribution >= 4 is 11.1 Å². The summed E-state index contributed by atoms with van der Waals surface area (Å²) >= 11 is 0. The number of hydrogen-bond donors (Lipinski definition) is 1. The molecule has 1 heteroatoms. The molecule has 5 aromatic rings. The van der Waals surface area contributed by atoms with Crippen molar-refractivity contribution in [1.82, 2.24) is 0 Å². The third-order valence-electron chi connectivity index (χ3n) is 6.71. The summed E-state index contributed by atoms with van der Waals surface area (Å²) < 4.78 is 0. The zero-order valence-corrected chi connectivity index (χ0v) is 22.2. The summed E-state index contributed by atoms with van der Waals surface area (Å²) in [6, 6.07) is 49.8. The van der Waals surface area contributed by atoms with Crippen molar-refractivity contribution in [2.24, 2.45) is 0 Å². The molecule has 192 valence electrons. The number of rotatable bonds is 7. The molecule has 0 fully saturated rings. The number of aliphatic hydroxyl groups is 1. The van der Waals surface area contributed by atoms with E-state index >= 15 is 0 Å². The molecule has 0 heterocycles. The van der Waals surface area contributed by atoms with Crippen molar-refractivity contribution in [3.05, 3.63) is 204 Å². The summed E-state index contributed by atoms with van der Waals surface area (Å²) in [4.78, 5) is 0. The number of benzene rings is 5. The molecule has 0 aliphatic carbocycles. The normalized spacial score (nSPS) is 12.4. The van der Waals surface area contributed by atoms with Gasteiger partial charge < -0.3 is 5.11 Å². The molecule has 1 unspecified atom stereocenters. The Labute approximate surface area is 237 Å². The van der Waals surface area contributed by atoms with Crippen LogP contribution in [0.2, 0.25) is 0 Å². The maximum atomic E-state index is 12.6. The monoisotopic (exact) mass is 514 g/mol. The van der Waals surface area contributed by atoms with Crippen LogP contribution in [0.4, 0.5) is 0 Å². The van der Waals surface area contributed by atoms with E-state index in [1.165, 1.54) is 0 Å². The van der Waals surface area contributed by atoms with E-state index in [4.69, 9.17) is 0 Å². The third-order valence-corrected chi connectivity index (χ3v) is 6.71. The Morgan fingerprint density at radius 2 is 0.975 bits per heavy atom. The van der Waals surface area contributed by atoms with E-state index in [9.17, 15) is 5.11 Å². The van der Waals surface area contributed by atoms with Gasteiger partial charge in [0.1, 0.15) is 0 Å². The molecule has 0 spiro atoms. The van der Waals surface area contributed by atoms with E-state index < -0.39 is 5.60 Å². The molecule has 5 rings (SSSR count). The zero-order chi connectivity index (χ0) is 27.6. The van der Waals surface area contributed by atoms with Crippen molar-refractivity contribution in [2.75, 3.05) is 0 Å². The summed E-state index contributed by atoms with van der Waals surface area (Å²) in [6.07, 6.45) is 4.00. The van der Waals surface area contributed by atoms with Gasteiger partial charge in [-0.25, -0.2) is 0 Å². The van der Waals surface area contributed by atoms with E-state index in [2.05, 4.69) is 42.7 Å². The fraction of sp³-hybridized carbons (Fsp3) is 0.0256. The Bertz CT molecular complexity index is 1630. The molecule has 0 amide bonds. The van der Waals surface area contributed by atoms with Gasteiger partial charge in [-0.2, -0.15) is 0 Å². The maximum Gasteiger partial charge on any atom is 0.177 e. The Morgan fingerprint density at radius 1 is 0.550 bits per heavy atom. The van der Waals surface area contributed by atoms with Gasteiger partial charge in [-0.15, -0.1) is 0 Å². The summed E-state index contributed by atoms with van der Waals surface area (Å²) in [5.74, 6) is 6.48. The van der Waals surface area contributed by atoms with E-state index in [0.717, 1.165) is 33.4 Å². The third kappa shape index (κ3) is 6.27. The quantitative estimate of drug-likeness (QED) is 0.170. The molecule has 40 heavy (non-hydrogen) atoms. The minimum absolute atomic E-state index is 0.624. The molecule has 0 radical (unpaired) electrons. The van der Waals surface area contributed by atoms with Gasteiger partial charge in [0.2, 0.25) is 0 Å². The van der Waals surface area contributed by atoms with Crippen LogP contribution in [0.25, 0.3) is 11.1 Å². The molecule has 0 bridgehead atoms. The molecular weight excluding hydrogens is 484 g/mol. The molecule has 1 N–H and O–H groups in total. The van der Waals surface area contributed by atoms with Gasteiger partial charge in [-0.3, -0.25) is 0 Å². The Hall–Kier alpha value is -5.16. The van der Waals surface area contributed by atoms with Crippen molar-refractivity contribution < 1.29 is 5.11 Å². The first-order chi connectivity index (χ1) is 19.6. The molecule has 1 atom stereocenters. The van der Waals surface area contributed by atoms with Gasteiger partial charge in [0.15, 0.2) is 5.60 Å². The first kappa shape index (κ1) is 26.4. The fourth-order valence-corrected chi connectivity index (χ4v) is 4.57. The highest BCUT2D eigenvalue weighted by atomic mass is 16.3. The van der Waals surface area contributed by atoms with Crippen LogP contribution in [0.15, 0.2) is 176 Å². The van der Waals surface area contributed by atoms with Gasteiger partial charge in [0.25, 0.3) is 0 Å². The van der Waals surface area contributed by atoms with Gasteiger partial charge in [0, 0.05) is 16.7 Å². The van der Waals surface area contributed by atoms with Gasteiger partial charge in [0.05, 0.1) is 0 Å². The molecule has 0 saturated heterocycles. The van der Waals surface area contributed by atoms with Crippen molar-refractivity contribution in [3.63, 3.8) is 0 Å². The lowest BCUT2D eigenvalue weighted by Gasteiger charge is -2.26. The molecule has 0 aliphatic heterocycles. The van der Waals surface area contributed by atoms with Crippen molar-refractivity contribution in [3.8, 4) is 11.8 Å². The number of hydrogen-bond acceptors (Lipinski definition) is 1. The average molecular weight is 515 g/mol. The van der Waals surface area contributed by atoms with E-state index in [0.29, 0.717) is 11.1 Å². The zero-order valence-electron chi connectivity index (χ0n) is 22.2. The van der Waals surface area contributed by atoms with Crippen LogP contribution >= 0.6 is 0 Å². The van der Waals surface area contributed by atoms with Crippen LogP contribution in [0.5, 0.6) is 0 Å². The first-order valence-electron chi connectivity index (χ1n) is 13.3. The Kier molecular flexibility index (Phi) is 8.32. The second kappa shape index (κ2) is 12.6. The van der Waals surface area contributed by atoms with Crippen LogP contribution in [-0.2, 0) is 5.60 Å². The van der Waals surface area contributed by atoms with Crippen LogP contribution in [0, 0.1) is 11.8 Å². The standard InChI is InChI=1S/C39H30O/c1-31(33-19-9-3-10-20-33)29-37(30-38(34-21-11-4-12-22-34)35-23-13-5-14-24-35)39(40,36-25-15-6-16-26-36)28-27-32-17-7-2-8-18-32/h2-26,29-30,40H,1H2/b37-29-. The smallest absolute Gasteiger partial charge is 0.177 e. The molecule has 0 aromatic heterocycles. The first-order valence-corrected chi connectivity index (χ1v) is 13.3. The second-order valence-electron chi connectivity index (χ2n) is 9.47. The summed E-state index contributed by atoms with van der Waals surface area (Å²) in [5.41, 5.74) is 5.32. The number of allylic oxidation sites excluding steroid dienone is 2. The summed E-state index contributed by atoms with van der Waals surface area (Å²) in [6.45, 7) is 4.38. The lowest BCUT2D eigenvalue weighted by molar-refractivity contribution is 0.144. The van der Waals surface area contributed by atoms with Crippen molar-refractivity contribution in [2.45, 2.75) is 5.60 Å². The van der Waals surface area contributed by atoms with Gasteiger partial charge in [-0.1, -0.05) is 158 Å². The van der Waals surface area contributed by atoms with Gasteiger partial charge in [-0.05, 0) is 52.1 Å². The maximum absolute atomic E-state index is 12.6. The summed E-state index contributed by atoms with van der Waals surface area (Å²) in [5, 5.41) is 12.6. The lowest BCUT2D eigenvalue weighted by atomic mass is 9.82. The SMILES string of the molecule is C=C(/C=C(/C=C(c1ccccc1)c1ccccc1)C(O)(C#Cc1ccccc1)c1ccccc1)c1ccccc1. The van der Waals surface area contributed by atoms with Crippen LogP contribution in [0.3, 0.4) is 0 Å². The summed E-state index contributed by atoms with van der Waals surface area (Å²) in [7, 11) is 0. The van der Waals surface area contributed by atoms with Gasteiger partial charge >= 0.3 is 0 Å². The second-order valence-corrected chi connectivity index (χ2v) is 9.47. The topological polar surface area (TPSA) is 20.2 Å². The predicted octanol–water partition coefficient (Wildman–Crippen LogP) is 8.70. The minimum atomic E-state index is -1.62. The van der Waals surface area contributed by atoms with E-state index in [1.54, 1.807) is 0 Å². The van der Waals surface area contributed by atoms with Crippen molar-refractivity contribution in [1.29, 1.82) is 0 Å². The largest absolute Gasteiger partial charge is 0.369 e. The molecule has 0 saturated carbocycles. The molecule has 5 aromatic carbocycles. The van der Waals surface area contributed by atoms with Crippen LogP contribution < -0.4 is 0 Å². The minimum Gasteiger partial charge on any atom is -0.369 e. The van der Waals surface area contributed by atoms with Crippen LogP contribution in [-0.4, -0.2) is 5.11 Å². The highest BCUT2D eigenvalue weighted by Gasteiger charge is 2.31. The predicted molar refractivity (Wildman–Crippen MR) is 167 cm³/mol. The fourth-order valence-electron chi connectivity index (χ4n) is 4.57. The molecule has 0 aliphatic rings. The van der Waals surface area contributed by atoms with E-state index in [-0.39, 0.29) is 0 Å². The Morgan fingerprint density at radius 3 is 1.48 bits per heavy atom. The highest BCUT2D eigenvalue weighted by molar-refractivity contribution is 5.84. The van der Waals surface area contributed by atoms with E-state index in [1.807, 2.05) is 140 Å². The highest BCUT2D eigenvalue weighted by Crippen LogP contribution is 2.36. The van der Waals surface area contributed by atoms with Crippen LogP contribution in [0.1, 0.15) is 27.8 Å². The Balaban J connectivity index is 1.78. The average Bonchev–Trinajstić information content (AvgIpc) is 3.04.